The minimum absolute atomic E-state index is 0.180. The Bertz CT molecular complexity index is 571. The Labute approximate surface area is 141 Å². The second-order valence-electron chi connectivity index (χ2n) is 7.72. The molecule has 0 radical (unpaired) electrons. The monoisotopic (exact) mass is 334 g/mol. The van der Waals surface area contributed by atoms with Crippen molar-refractivity contribution in [2.45, 2.75) is 51.0 Å². The fourth-order valence-electron chi connectivity index (χ4n) is 5.25. The lowest BCUT2D eigenvalue weighted by Crippen LogP contribution is -2.67. The zero-order chi connectivity index (χ0) is 16.0. The Balaban J connectivity index is 1.35. The average molecular weight is 334 g/mol. The van der Waals surface area contributed by atoms with Crippen molar-refractivity contribution in [2.24, 2.45) is 29.4 Å². The van der Waals surface area contributed by atoms with E-state index in [0.717, 1.165) is 24.0 Å². The van der Waals surface area contributed by atoms with Crippen molar-refractivity contribution in [3.63, 3.8) is 0 Å². The van der Waals surface area contributed by atoms with E-state index in [1.165, 1.54) is 43.4 Å². The molecule has 4 saturated carbocycles. The summed E-state index contributed by atoms with van der Waals surface area (Å²) < 4.78 is 0. The van der Waals surface area contributed by atoms with E-state index in [1.54, 1.807) is 0 Å². The first kappa shape index (κ1) is 15.4. The highest BCUT2D eigenvalue weighted by Crippen LogP contribution is 2.57. The van der Waals surface area contributed by atoms with Gasteiger partial charge in [-0.2, -0.15) is 0 Å². The first-order chi connectivity index (χ1) is 11.1. The molecular formula is C17H26N4OS. The van der Waals surface area contributed by atoms with E-state index < -0.39 is 0 Å². The number of hydrogen-bond donors (Lipinski definition) is 3. The number of carbonyl (C=O) groups excluding carboxylic acids is 1. The van der Waals surface area contributed by atoms with E-state index in [-0.39, 0.29) is 11.6 Å². The summed E-state index contributed by atoms with van der Waals surface area (Å²) in [7, 11) is 0. The summed E-state index contributed by atoms with van der Waals surface area (Å²) in [6.45, 7) is 2.64. The normalized spacial score (nSPS) is 37.8. The number of amides is 2. The predicted molar refractivity (Wildman–Crippen MR) is 92.5 cm³/mol. The fraction of sp³-hybridized carbons (Fsp3) is 0.765. The molecule has 1 aromatic rings. The molecule has 0 unspecified atom stereocenters. The largest absolute Gasteiger partial charge is 0.336 e. The van der Waals surface area contributed by atoms with Crippen molar-refractivity contribution in [3.8, 4) is 0 Å². The van der Waals surface area contributed by atoms with Crippen LogP contribution in [0.5, 0.6) is 0 Å². The maximum absolute atomic E-state index is 12.2. The molecule has 1 heterocycles. The van der Waals surface area contributed by atoms with Crippen molar-refractivity contribution in [2.75, 3.05) is 11.9 Å². The lowest BCUT2D eigenvalue weighted by atomic mass is 9.49. The van der Waals surface area contributed by atoms with Crippen LogP contribution in [0.2, 0.25) is 0 Å². The third-order valence-corrected chi connectivity index (χ3v) is 7.15. The van der Waals surface area contributed by atoms with E-state index in [2.05, 4.69) is 22.5 Å². The van der Waals surface area contributed by atoms with Crippen molar-refractivity contribution in [1.82, 2.24) is 10.3 Å². The summed E-state index contributed by atoms with van der Waals surface area (Å²) in [6.07, 6.45) is 7.36. The molecule has 0 aliphatic heterocycles. The molecule has 5 rings (SSSR count). The quantitative estimate of drug-likeness (QED) is 0.792. The summed E-state index contributed by atoms with van der Waals surface area (Å²) in [5.41, 5.74) is 7.61. The van der Waals surface area contributed by atoms with Crippen LogP contribution in [0, 0.1) is 23.7 Å². The van der Waals surface area contributed by atoms with Gasteiger partial charge in [0.2, 0.25) is 0 Å². The van der Waals surface area contributed by atoms with Gasteiger partial charge in [0.15, 0.2) is 5.13 Å². The van der Waals surface area contributed by atoms with Gasteiger partial charge in [0, 0.05) is 17.5 Å². The Morgan fingerprint density at radius 3 is 2.52 bits per heavy atom. The second kappa shape index (κ2) is 5.74. The molecule has 6 heteroatoms. The zero-order valence-electron chi connectivity index (χ0n) is 13.7. The molecule has 5 nitrogen and oxygen atoms in total. The maximum Gasteiger partial charge on any atom is 0.321 e. The van der Waals surface area contributed by atoms with E-state index in [4.69, 9.17) is 5.73 Å². The Hall–Kier alpha value is -1.14. The summed E-state index contributed by atoms with van der Waals surface area (Å²) in [5, 5.41) is 8.50. The average Bonchev–Trinajstić information content (AvgIpc) is 2.98. The van der Waals surface area contributed by atoms with Gasteiger partial charge in [0.1, 0.15) is 0 Å². The molecule has 0 atom stereocenters. The van der Waals surface area contributed by atoms with E-state index in [0.29, 0.717) is 23.5 Å². The molecule has 0 aromatic carbocycles. The van der Waals surface area contributed by atoms with Crippen LogP contribution in [-0.4, -0.2) is 23.1 Å². The smallest absolute Gasteiger partial charge is 0.321 e. The molecule has 4 N–H and O–H groups in total. The van der Waals surface area contributed by atoms with Crippen molar-refractivity contribution >= 4 is 22.5 Å². The first-order valence-corrected chi connectivity index (χ1v) is 9.73. The Kier molecular flexibility index (Phi) is 3.84. The van der Waals surface area contributed by atoms with Gasteiger partial charge in [-0.3, -0.25) is 5.32 Å². The number of aryl methyl sites for hydroxylation is 1. The fourth-order valence-corrected chi connectivity index (χ4v) is 6.04. The van der Waals surface area contributed by atoms with Crippen molar-refractivity contribution in [3.05, 3.63) is 11.1 Å². The summed E-state index contributed by atoms with van der Waals surface area (Å²) in [6, 6.07) is -0.180. The predicted octanol–water partition coefficient (Wildman–Crippen LogP) is 2.98. The number of nitrogens with two attached hydrogens (primary N) is 1. The maximum atomic E-state index is 12.2. The van der Waals surface area contributed by atoms with Crippen molar-refractivity contribution < 1.29 is 4.79 Å². The topological polar surface area (TPSA) is 80.0 Å². The van der Waals surface area contributed by atoms with Crippen LogP contribution in [0.3, 0.4) is 0 Å². The lowest BCUT2D eigenvalue weighted by Gasteiger charge is -2.59. The summed E-state index contributed by atoms with van der Waals surface area (Å²) >= 11 is 1.47. The van der Waals surface area contributed by atoms with Gasteiger partial charge >= 0.3 is 6.03 Å². The summed E-state index contributed by atoms with van der Waals surface area (Å²) in [4.78, 5) is 16.5. The van der Waals surface area contributed by atoms with Gasteiger partial charge in [0.25, 0.3) is 0 Å². The molecule has 23 heavy (non-hydrogen) atoms. The number of carbonyl (C=O) groups is 1. The highest BCUT2D eigenvalue weighted by molar-refractivity contribution is 7.13. The first-order valence-electron chi connectivity index (χ1n) is 8.85. The number of rotatable bonds is 4. The number of hydrogen-bond acceptors (Lipinski definition) is 4. The van der Waals surface area contributed by atoms with Crippen LogP contribution in [0.25, 0.3) is 0 Å². The third kappa shape index (κ3) is 2.76. The standard InChI is InChI=1S/C17H26N4OS/c1-2-14-8-23-16(20-14)21-15(22)19-9-17(18)12-4-10-3-11(6-12)7-13(17)5-10/h8,10-13H,2-7,9,18H2,1H3,(H2,19,20,21,22). The number of anilines is 1. The SMILES string of the molecule is CCc1csc(NC(=O)NCC2(N)C3CC4CC(C3)CC2C4)n1. The molecule has 0 saturated heterocycles. The van der Waals surface area contributed by atoms with Crippen LogP contribution in [0.1, 0.15) is 44.7 Å². The third-order valence-electron chi connectivity index (χ3n) is 6.35. The second-order valence-corrected chi connectivity index (χ2v) is 8.58. The highest BCUT2D eigenvalue weighted by atomic mass is 32.1. The molecule has 2 amide bonds. The van der Waals surface area contributed by atoms with Crippen LogP contribution in [0.4, 0.5) is 9.93 Å². The number of urea groups is 1. The van der Waals surface area contributed by atoms with E-state index >= 15 is 0 Å². The van der Waals surface area contributed by atoms with E-state index in [1.807, 2.05) is 5.38 Å². The minimum Gasteiger partial charge on any atom is -0.336 e. The molecule has 4 fully saturated rings. The minimum atomic E-state index is -0.206. The highest BCUT2D eigenvalue weighted by Gasteiger charge is 2.55. The van der Waals surface area contributed by atoms with Gasteiger partial charge in [-0.1, -0.05) is 6.92 Å². The Morgan fingerprint density at radius 1 is 1.30 bits per heavy atom. The molecular weight excluding hydrogens is 308 g/mol. The molecule has 126 valence electrons. The van der Waals surface area contributed by atoms with Gasteiger partial charge in [-0.25, -0.2) is 9.78 Å². The zero-order valence-corrected chi connectivity index (χ0v) is 14.5. The van der Waals surface area contributed by atoms with Crippen molar-refractivity contribution in [1.29, 1.82) is 0 Å². The summed E-state index contributed by atoms with van der Waals surface area (Å²) in [5.74, 6) is 2.97. The Morgan fingerprint density at radius 2 is 1.96 bits per heavy atom. The molecule has 4 aliphatic rings. The van der Waals surface area contributed by atoms with Crippen LogP contribution < -0.4 is 16.4 Å². The molecule has 0 spiro atoms. The van der Waals surface area contributed by atoms with E-state index in [9.17, 15) is 4.79 Å². The molecule has 1 aromatic heterocycles. The van der Waals surface area contributed by atoms with Crippen LogP contribution in [-0.2, 0) is 6.42 Å². The van der Waals surface area contributed by atoms with Crippen LogP contribution in [0.15, 0.2) is 5.38 Å². The van der Waals surface area contributed by atoms with Gasteiger partial charge < -0.3 is 11.1 Å². The van der Waals surface area contributed by atoms with Gasteiger partial charge in [0.05, 0.1) is 5.69 Å². The van der Waals surface area contributed by atoms with Gasteiger partial charge in [-0.05, 0) is 62.2 Å². The number of aromatic nitrogens is 1. The molecule has 4 bridgehead atoms. The lowest BCUT2D eigenvalue weighted by molar-refractivity contribution is -0.0528. The molecule has 4 aliphatic carbocycles. The number of nitrogens with one attached hydrogen (secondary N) is 2. The number of nitrogens with zero attached hydrogens (tertiary/aromatic N) is 1. The van der Waals surface area contributed by atoms with Crippen LogP contribution >= 0.6 is 11.3 Å². The van der Waals surface area contributed by atoms with Gasteiger partial charge in [-0.15, -0.1) is 11.3 Å². The number of thiazole rings is 1.